The Morgan fingerprint density at radius 2 is 1.39 bits per heavy atom. The van der Waals surface area contributed by atoms with Crippen molar-refractivity contribution in [2.45, 2.75) is 13.8 Å². The zero-order chi connectivity index (χ0) is 20.3. The molecule has 4 nitrogen and oxygen atoms in total. The van der Waals surface area contributed by atoms with Crippen molar-refractivity contribution in [2.24, 2.45) is 0 Å². The van der Waals surface area contributed by atoms with Crippen molar-refractivity contribution < 1.29 is 9.59 Å². The quantitative estimate of drug-likeness (QED) is 0.542. The molecule has 0 aliphatic heterocycles. The molecule has 0 saturated carbocycles. The maximum absolute atomic E-state index is 12.8. The molecule has 2 amide bonds. The van der Waals surface area contributed by atoms with Gasteiger partial charge in [-0.3, -0.25) is 9.59 Å². The van der Waals surface area contributed by atoms with E-state index in [0.29, 0.717) is 16.3 Å². The van der Waals surface area contributed by atoms with Crippen LogP contribution in [0.2, 0.25) is 10.0 Å². The fourth-order valence-electron chi connectivity index (χ4n) is 2.73. The summed E-state index contributed by atoms with van der Waals surface area (Å²) in [6, 6.07) is 17.1. The van der Waals surface area contributed by atoms with E-state index < -0.39 is 5.91 Å². The standard InChI is InChI=1S/C22H18Cl2N2O2/c1-13-6-5-9-19(14(13)2)25-22(28)17-7-3-4-8-20(17)26-21(27)16-11-10-15(23)12-18(16)24/h3-12H,1-2H3,(H,25,28)(H,26,27). The molecule has 142 valence electrons. The third-order valence-corrected chi connectivity index (χ3v) is 5.00. The summed E-state index contributed by atoms with van der Waals surface area (Å²) in [4.78, 5) is 25.4. The van der Waals surface area contributed by atoms with Crippen LogP contribution in [0.3, 0.4) is 0 Å². The van der Waals surface area contributed by atoms with Crippen LogP contribution in [0.25, 0.3) is 0 Å². The summed E-state index contributed by atoms with van der Waals surface area (Å²) in [6.45, 7) is 3.93. The molecule has 0 saturated heterocycles. The number of hydrogen-bond acceptors (Lipinski definition) is 2. The first-order valence-corrected chi connectivity index (χ1v) is 9.35. The molecule has 0 aliphatic carbocycles. The van der Waals surface area contributed by atoms with Crippen molar-refractivity contribution in [3.8, 4) is 0 Å². The second-order valence-corrected chi connectivity index (χ2v) is 7.17. The van der Waals surface area contributed by atoms with Crippen LogP contribution in [-0.4, -0.2) is 11.8 Å². The van der Waals surface area contributed by atoms with Gasteiger partial charge >= 0.3 is 0 Å². The summed E-state index contributed by atoms with van der Waals surface area (Å²) in [5.41, 5.74) is 3.81. The van der Waals surface area contributed by atoms with Crippen LogP contribution < -0.4 is 10.6 Å². The fourth-order valence-corrected chi connectivity index (χ4v) is 3.22. The third kappa shape index (κ3) is 4.35. The number of carbonyl (C=O) groups excluding carboxylic acids is 2. The first-order valence-electron chi connectivity index (χ1n) is 8.60. The van der Waals surface area contributed by atoms with Gasteiger partial charge in [0.15, 0.2) is 0 Å². The summed E-state index contributed by atoms with van der Waals surface area (Å²) in [5, 5.41) is 6.34. The van der Waals surface area contributed by atoms with E-state index in [1.54, 1.807) is 36.4 Å². The molecule has 28 heavy (non-hydrogen) atoms. The molecule has 3 aromatic rings. The van der Waals surface area contributed by atoms with E-state index in [1.165, 1.54) is 6.07 Å². The molecular weight excluding hydrogens is 395 g/mol. The van der Waals surface area contributed by atoms with Gasteiger partial charge in [-0.15, -0.1) is 0 Å². The van der Waals surface area contributed by atoms with Gasteiger partial charge in [0, 0.05) is 10.7 Å². The Hall–Kier alpha value is -2.82. The van der Waals surface area contributed by atoms with Crippen LogP contribution in [0.4, 0.5) is 11.4 Å². The number of anilines is 2. The van der Waals surface area contributed by atoms with Crippen molar-refractivity contribution in [1.82, 2.24) is 0 Å². The second-order valence-electron chi connectivity index (χ2n) is 6.33. The van der Waals surface area contributed by atoms with Crippen molar-refractivity contribution in [2.75, 3.05) is 10.6 Å². The van der Waals surface area contributed by atoms with Gasteiger partial charge in [-0.1, -0.05) is 47.5 Å². The topological polar surface area (TPSA) is 58.2 Å². The molecule has 0 spiro atoms. The maximum atomic E-state index is 12.8. The Kier molecular flexibility index (Phi) is 6.02. The van der Waals surface area contributed by atoms with Crippen molar-refractivity contribution >= 4 is 46.4 Å². The first kappa shape index (κ1) is 19.9. The molecule has 3 aromatic carbocycles. The molecule has 0 aromatic heterocycles. The van der Waals surface area contributed by atoms with E-state index in [0.717, 1.165) is 16.8 Å². The summed E-state index contributed by atoms with van der Waals surface area (Å²) in [6.07, 6.45) is 0. The predicted molar refractivity (Wildman–Crippen MR) is 115 cm³/mol. The fraction of sp³-hybridized carbons (Fsp3) is 0.0909. The Bertz CT molecular complexity index is 1060. The minimum Gasteiger partial charge on any atom is -0.322 e. The molecular formula is C22H18Cl2N2O2. The van der Waals surface area contributed by atoms with Crippen LogP contribution in [0.15, 0.2) is 60.7 Å². The molecule has 0 heterocycles. The molecule has 0 aliphatic rings. The molecule has 2 N–H and O–H groups in total. The molecule has 0 atom stereocenters. The molecule has 0 radical (unpaired) electrons. The number of aryl methyl sites for hydroxylation is 1. The van der Waals surface area contributed by atoms with Gasteiger partial charge in [0.05, 0.1) is 21.8 Å². The van der Waals surface area contributed by atoms with E-state index >= 15 is 0 Å². The average Bonchev–Trinajstić information content (AvgIpc) is 2.65. The smallest absolute Gasteiger partial charge is 0.257 e. The Morgan fingerprint density at radius 1 is 0.750 bits per heavy atom. The lowest BCUT2D eigenvalue weighted by atomic mass is 10.1. The second kappa shape index (κ2) is 8.46. The van der Waals surface area contributed by atoms with Crippen LogP contribution in [-0.2, 0) is 0 Å². The van der Waals surface area contributed by atoms with Gasteiger partial charge < -0.3 is 10.6 Å². The number of para-hydroxylation sites is 1. The summed E-state index contributed by atoms with van der Waals surface area (Å²) >= 11 is 12.0. The lowest BCUT2D eigenvalue weighted by Crippen LogP contribution is -2.19. The van der Waals surface area contributed by atoms with Gasteiger partial charge in [-0.25, -0.2) is 0 Å². The van der Waals surface area contributed by atoms with Gasteiger partial charge in [0.2, 0.25) is 0 Å². The number of rotatable bonds is 4. The minimum absolute atomic E-state index is 0.238. The summed E-state index contributed by atoms with van der Waals surface area (Å²) < 4.78 is 0. The van der Waals surface area contributed by atoms with Crippen LogP contribution in [0.5, 0.6) is 0 Å². The predicted octanol–water partition coefficient (Wildman–Crippen LogP) is 6.11. The van der Waals surface area contributed by atoms with Crippen molar-refractivity contribution in [3.63, 3.8) is 0 Å². The third-order valence-electron chi connectivity index (χ3n) is 4.45. The lowest BCUT2D eigenvalue weighted by molar-refractivity contribution is 0.102. The Morgan fingerprint density at radius 3 is 2.14 bits per heavy atom. The highest BCUT2D eigenvalue weighted by Crippen LogP contribution is 2.24. The van der Waals surface area contributed by atoms with E-state index in [1.807, 2.05) is 32.0 Å². The number of benzene rings is 3. The van der Waals surface area contributed by atoms with Gasteiger partial charge in [0.25, 0.3) is 11.8 Å². The largest absolute Gasteiger partial charge is 0.322 e. The van der Waals surface area contributed by atoms with Crippen LogP contribution >= 0.6 is 23.2 Å². The average molecular weight is 413 g/mol. The van der Waals surface area contributed by atoms with Crippen LogP contribution in [0, 0.1) is 13.8 Å². The molecule has 0 bridgehead atoms. The zero-order valence-electron chi connectivity index (χ0n) is 15.3. The zero-order valence-corrected chi connectivity index (χ0v) is 16.9. The molecule has 6 heteroatoms. The SMILES string of the molecule is Cc1cccc(NC(=O)c2ccccc2NC(=O)c2ccc(Cl)cc2Cl)c1C. The highest BCUT2D eigenvalue weighted by Gasteiger charge is 2.17. The minimum atomic E-state index is -0.423. The number of amides is 2. The number of halogens is 2. The highest BCUT2D eigenvalue weighted by atomic mass is 35.5. The van der Waals surface area contributed by atoms with Gasteiger partial charge in [-0.05, 0) is 61.4 Å². The molecule has 0 unspecified atom stereocenters. The highest BCUT2D eigenvalue weighted by molar-refractivity contribution is 6.37. The molecule has 0 fully saturated rings. The summed E-state index contributed by atoms with van der Waals surface area (Å²) in [5.74, 6) is -0.736. The van der Waals surface area contributed by atoms with Crippen molar-refractivity contribution in [1.29, 1.82) is 0 Å². The Balaban J connectivity index is 1.85. The molecule has 3 rings (SSSR count). The monoisotopic (exact) mass is 412 g/mol. The maximum Gasteiger partial charge on any atom is 0.257 e. The van der Waals surface area contributed by atoms with Crippen molar-refractivity contribution in [3.05, 3.63) is 93.0 Å². The summed E-state index contributed by atoms with van der Waals surface area (Å²) in [7, 11) is 0. The van der Waals surface area contributed by atoms with Gasteiger partial charge in [0.1, 0.15) is 0 Å². The van der Waals surface area contributed by atoms with E-state index in [9.17, 15) is 9.59 Å². The van der Waals surface area contributed by atoms with E-state index in [-0.39, 0.29) is 16.5 Å². The van der Waals surface area contributed by atoms with Gasteiger partial charge in [-0.2, -0.15) is 0 Å². The van der Waals surface area contributed by atoms with E-state index in [4.69, 9.17) is 23.2 Å². The number of hydrogen-bond donors (Lipinski definition) is 2. The number of carbonyl (C=O) groups is 2. The number of nitrogens with one attached hydrogen (secondary N) is 2. The normalized spacial score (nSPS) is 10.4. The first-order chi connectivity index (χ1) is 13.4. The van der Waals surface area contributed by atoms with E-state index in [2.05, 4.69) is 10.6 Å². The van der Waals surface area contributed by atoms with Crippen LogP contribution in [0.1, 0.15) is 31.8 Å². The lowest BCUT2D eigenvalue weighted by Gasteiger charge is -2.14. The Labute approximate surface area is 173 Å².